The Morgan fingerprint density at radius 3 is 2.67 bits per heavy atom. The molecular weight excluding hydrogens is 312 g/mol. The fraction of sp³-hybridized carbons (Fsp3) is 0.417. The van der Waals surface area contributed by atoms with Crippen LogP contribution >= 0.6 is 27.3 Å². The van der Waals surface area contributed by atoms with Gasteiger partial charge in [-0.2, -0.15) is 0 Å². The minimum atomic E-state index is 0.0850. The Morgan fingerprint density at radius 1 is 1.28 bits per heavy atom. The Morgan fingerprint density at radius 2 is 2.06 bits per heavy atom. The van der Waals surface area contributed by atoms with E-state index in [0.29, 0.717) is 0 Å². The number of pyridine rings is 1. The molecule has 2 rings (SSSR count). The molecule has 0 radical (unpaired) electrons. The second kappa shape index (κ2) is 5.42. The van der Waals surface area contributed by atoms with Gasteiger partial charge in [-0.05, 0) is 48.8 Å². The Balaban J connectivity index is 2.08. The van der Waals surface area contributed by atoms with E-state index in [1.54, 1.807) is 17.5 Å². The summed E-state index contributed by atoms with van der Waals surface area (Å²) in [6, 6.07) is 3.89. The first kappa shape index (κ1) is 13.6. The molecule has 0 unspecified atom stereocenters. The molecule has 0 aliphatic carbocycles. The average Bonchev–Trinajstić information content (AvgIpc) is 2.75. The SMILES string of the molecule is CC(C)(C)NCc1nnc(-c2ccc(Br)cn2)s1. The second-order valence-corrected chi connectivity index (χ2v) is 6.94. The monoisotopic (exact) mass is 326 g/mol. The van der Waals surface area contributed by atoms with E-state index in [-0.39, 0.29) is 5.54 Å². The lowest BCUT2D eigenvalue weighted by molar-refractivity contribution is 0.423. The number of hydrogen-bond acceptors (Lipinski definition) is 5. The third-order valence-electron chi connectivity index (χ3n) is 2.18. The molecule has 2 aromatic heterocycles. The van der Waals surface area contributed by atoms with E-state index in [1.165, 1.54) is 0 Å². The van der Waals surface area contributed by atoms with Gasteiger partial charge in [-0.25, -0.2) is 0 Å². The van der Waals surface area contributed by atoms with Crippen LogP contribution in [-0.4, -0.2) is 20.7 Å². The molecular formula is C12H15BrN4S. The van der Waals surface area contributed by atoms with Crippen molar-refractivity contribution in [2.45, 2.75) is 32.9 Å². The smallest absolute Gasteiger partial charge is 0.166 e. The molecule has 0 spiro atoms. The maximum Gasteiger partial charge on any atom is 0.166 e. The van der Waals surface area contributed by atoms with Crippen LogP contribution in [0, 0.1) is 0 Å². The Hall–Kier alpha value is -0.850. The third kappa shape index (κ3) is 3.83. The van der Waals surface area contributed by atoms with Gasteiger partial charge in [0.05, 0.1) is 6.54 Å². The minimum Gasteiger partial charge on any atom is -0.306 e. The molecule has 2 heterocycles. The van der Waals surface area contributed by atoms with Crippen LogP contribution in [0.1, 0.15) is 25.8 Å². The van der Waals surface area contributed by atoms with E-state index in [1.807, 2.05) is 12.1 Å². The number of aromatic nitrogens is 3. The molecule has 0 atom stereocenters. The first-order valence-corrected chi connectivity index (χ1v) is 7.24. The quantitative estimate of drug-likeness (QED) is 0.940. The lowest BCUT2D eigenvalue weighted by Gasteiger charge is -2.19. The van der Waals surface area contributed by atoms with E-state index in [0.717, 1.165) is 26.7 Å². The van der Waals surface area contributed by atoms with Crippen molar-refractivity contribution in [2.24, 2.45) is 0 Å². The fourth-order valence-corrected chi connectivity index (χ4v) is 2.26. The summed E-state index contributed by atoms with van der Waals surface area (Å²) in [6.45, 7) is 7.12. The topological polar surface area (TPSA) is 50.7 Å². The summed E-state index contributed by atoms with van der Waals surface area (Å²) in [5, 5.41) is 13.6. The van der Waals surface area contributed by atoms with Crippen molar-refractivity contribution in [1.29, 1.82) is 0 Å². The summed E-state index contributed by atoms with van der Waals surface area (Å²) >= 11 is 4.93. The van der Waals surface area contributed by atoms with Crippen molar-refractivity contribution in [2.75, 3.05) is 0 Å². The summed E-state index contributed by atoms with van der Waals surface area (Å²) in [5.41, 5.74) is 0.944. The van der Waals surface area contributed by atoms with Gasteiger partial charge in [-0.15, -0.1) is 10.2 Å². The van der Waals surface area contributed by atoms with Gasteiger partial charge in [0.15, 0.2) is 5.01 Å². The molecule has 1 N–H and O–H groups in total. The molecule has 6 heteroatoms. The number of nitrogens with zero attached hydrogens (tertiary/aromatic N) is 3. The molecule has 0 saturated carbocycles. The van der Waals surface area contributed by atoms with E-state index in [9.17, 15) is 0 Å². The molecule has 2 aromatic rings. The summed E-state index contributed by atoms with van der Waals surface area (Å²) in [7, 11) is 0. The predicted molar refractivity (Wildman–Crippen MR) is 77.4 cm³/mol. The minimum absolute atomic E-state index is 0.0850. The van der Waals surface area contributed by atoms with Crippen molar-refractivity contribution in [1.82, 2.24) is 20.5 Å². The van der Waals surface area contributed by atoms with Gasteiger partial charge < -0.3 is 5.32 Å². The standard InChI is InChI=1S/C12H15BrN4S/c1-12(2,3)15-7-10-16-17-11(18-10)9-5-4-8(13)6-14-9/h4-6,15H,7H2,1-3H3. The molecule has 4 nitrogen and oxygen atoms in total. The van der Waals surface area contributed by atoms with E-state index < -0.39 is 0 Å². The van der Waals surface area contributed by atoms with Crippen LogP contribution in [0.15, 0.2) is 22.8 Å². The van der Waals surface area contributed by atoms with Gasteiger partial charge in [0, 0.05) is 16.2 Å². The van der Waals surface area contributed by atoms with Crippen LogP contribution in [0.2, 0.25) is 0 Å². The second-order valence-electron chi connectivity index (χ2n) is 4.97. The molecule has 0 aliphatic rings. The van der Waals surface area contributed by atoms with Gasteiger partial charge in [0.1, 0.15) is 10.7 Å². The van der Waals surface area contributed by atoms with Crippen molar-refractivity contribution >= 4 is 27.3 Å². The normalized spacial score (nSPS) is 11.8. The Kier molecular flexibility index (Phi) is 4.09. The molecule has 18 heavy (non-hydrogen) atoms. The first-order chi connectivity index (χ1) is 8.44. The Labute approximate surface area is 119 Å². The largest absolute Gasteiger partial charge is 0.306 e. The summed E-state index contributed by atoms with van der Waals surface area (Å²) in [4.78, 5) is 4.31. The van der Waals surface area contributed by atoms with Crippen molar-refractivity contribution in [3.63, 3.8) is 0 Å². The average molecular weight is 327 g/mol. The number of halogens is 1. The lowest BCUT2D eigenvalue weighted by Crippen LogP contribution is -2.35. The summed E-state index contributed by atoms with van der Waals surface area (Å²) in [5.74, 6) is 0. The zero-order valence-electron chi connectivity index (χ0n) is 10.6. The van der Waals surface area contributed by atoms with Crippen LogP contribution in [0.4, 0.5) is 0 Å². The van der Waals surface area contributed by atoms with Crippen LogP contribution in [0.3, 0.4) is 0 Å². The molecule has 0 aromatic carbocycles. The summed E-state index contributed by atoms with van der Waals surface area (Å²) < 4.78 is 0.963. The van der Waals surface area contributed by atoms with Crippen molar-refractivity contribution < 1.29 is 0 Å². The van der Waals surface area contributed by atoms with Crippen LogP contribution in [-0.2, 0) is 6.54 Å². The molecule has 0 aliphatic heterocycles. The van der Waals surface area contributed by atoms with Gasteiger partial charge in [0.2, 0.25) is 0 Å². The number of rotatable bonds is 3. The highest BCUT2D eigenvalue weighted by Crippen LogP contribution is 2.22. The van der Waals surface area contributed by atoms with Crippen LogP contribution in [0.5, 0.6) is 0 Å². The molecule has 0 amide bonds. The zero-order chi connectivity index (χ0) is 13.2. The number of nitrogens with one attached hydrogen (secondary N) is 1. The van der Waals surface area contributed by atoms with Gasteiger partial charge >= 0.3 is 0 Å². The zero-order valence-corrected chi connectivity index (χ0v) is 13.0. The van der Waals surface area contributed by atoms with E-state index in [2.05, 4.69) is 57.2 Å². The Bertz CT molecular complexity index is 516. The van der Waals surface area contributed by atoms with Gasteiger partial charge in [-0.1, -0.05) is 11.3 Å². The predicted octanol–water partition coefficient (Wildman–Crippen LogP) is 3.25. The highest BCUT2D eigenvalue weighted by molar-refractivity contribution is 9.10. The maximum atomic E-state index is 4.31. The number of hydrogen-bond donors (Lipinski definition) is 1. The van der Waals surface area contributed by atoms with E-state index >= 15 is 0 Å². The summed E-state index contributed by atoms with van der Waals surface area (Å²) in [6.07, 6.45) is 1.77. The molecule has 0 fully saturated rings. The molecule has 0 saturated heterocycles. The molecule has 0 bridgehead atoms. The van der Waals surface area contributed by atoms with Crippen LogP contribution < -0.4 is 5.32 Å². The maximum absolute atomic E-state index is 4.31. The third-order valence-corrected chi connectivity index (χ3v) is 3.60. The fourth-order valence-electron chi connectivity index (χ4n) is 1.27. The van der Waals surface area contributed by atoms with Gasteiger partial charge in [0.25, 0.3) is 0 Å². The van der Waals surface area contributed by atoms with Crippen molar-refractivity contribution in [3.8, 4) is 10.7 Å². The lowest BCUT2D eigenvalue weighted by atomic mass is 10.1. The van der Waals surface area contributed by atoms with Crippen LogP contribution in [0.25, 0.3) is 10.7 Å². The first-order valence-electron chi connectivity index (χ1n) is 5.63. The van der Waals surface area contributed by atoms with Gasteiger partial charge in [-0.3, -0.25) is 4.98 Å². The highest BCUT2D eigenvalue weighted by atomic mass is 79.9. The highest BCUT2D eigenvalue weighted by Gasteiger charge is 2.12. The van der Waals surface area contributed by atoms with Crippen molar-refractivity contribution in [3.05, 3.63) is 27.8 Å². The van der Waals surface area contributed by atoms with E-state index in [4.69, 9.17) is 0 Å². The molecule has 96 valence electrons.